The van der Waals surface area contributed by atoms with Gasteiger partial charge >= 0.3 is 0 Å². The molecule has 2 aromatic rings. The lowest BCUT2D eigenvalue weighted by atomic mass is 10.3. The number of nitrogens with zero attached hydrogens (tertiary/aromatic N) is 2. The van der Waals surface area contributed by atoms with Crippen LogP contribution < -0.4 is 0 Å². The van der Waals surface area contributed by atoms with E-state index in [1.807, 2.05) is 0 Å². The van der Waals surface area contributed by atoms with E-state index >= 15 is 0 Å². The van der Waals surface area contributed by atoms with E-state index in [2.05, 4.69) is 5.10 Å². The fraction of sp³-hybridized carbons (Fsp3) is 0. The normalized spacial score (nSPS) is 10.5. The second-order valence-electron chi connectivity index (χ2n) is 2.69. The molecule has 2 rings (SSSR count). The number of rotatable bonds is 1. The zero-order valence-corrected chi connectivity index (χ0v) is 7.67. The molecular formula is C9H5ClF2N2. The standard InChI is InChI=1S/C9H5ClF2N2/c10-9-8(12)5-14(13-9)7-3-1-6(11)2-4-7/h1-5H. The summed E-state index contributed by atoms with van der Waals surface area (Å²) in [5.41, 5.74) is 0.553. The van der Waals surface area contributed by atoms with Gasteiger partial charge < -0.3 is 0 Å². The van der Waals surface area contributed by atoms with Crippen LogP contribution in [0.2, 0.25) is 5.15 Å². The van der Waals surface area contributed by atoms with Crippen LogP contribution in [0, 0.1) is 11.6 Å². The number of hydrogen-bond donors (Lipinski definition) is 0. The summed E-state index contributed by atoms with van der Waals surface area (Å²) in [5, 5.41) is 3.50. The molecule has 0 fully saturated rings. The van der Waals surface area contributed by atoms with E-state index in [1.54, 1.807) is 0 Å². The quantitative estimate of drug-likeness (QED) is 0.714. The Morgan fingerprint density at radius 2 is 1.79 bits per heavy atom. The minimum absolute atomic E-state index is 0.200. The minimum Gasteiger partial charge on any atom is -0.236 e. The van der Waals surface area contributed by atoms with Crippen LogP contribution >= 0.6 is 11.6 Å². The molecule has 1 aromatic heterocycles. The predicted molar refractivity (Wildman–Crippen MR) is 48.5 cm³/mol. The van der Waals surface area contributed by atoms with E-state index in [9.17, 15) is 8.78 Å². The zero-order valence-electron chi connectivity index (χ0n) is 6.92. The van der Waals surface area contributed by atoms with Gasteiger partial charge in [-0.3, -0.25) is 0 Å². The third kappa shape index (κ3) is 1.61. The van der Waals surface area contributed by atoms with Crippen LogP contribution in [0.1, 0.15) is 0 Å². The van der Waals surface area contributed by atoms with Crippen molar-refractivity contribution in [3.05, 3.63) is 47.2 Å². The molecule has 72 valence electrons. The maximum absolute atomic E-state index is 12.8. The smallest absolute Gasteiger partial charge is 0.187 e. The van der Waals surface area contributed by atoms with Gasteiger partial charge in [0.25, 0.3) is 0 Å². The summed E-state index contributed by atoms with van der Waals surface area (Å²) in [6.07, 6.45) is 1.13. The molecule has 0 spiro atoms. The summed E-state index contributed by atoms with van der Waals surface area (Å²) in [4.78, 5) is 0. The monoisotopic (exact) mass is 214 g/mol. The van der Waals surface area contributed by atoms with Gasteiger partial charge in [0.15, 0.2) is 11.0 Å². The molecule has 1 aromatic carbocycles. The Balaban J connectivity index is 2.44. The molecule has 0 aliphatic heterocycles. The minimum atomic E-state index is -0.601. The second kappa shape index (κ2) is 3.38. The van der Waals surface area contributed by atoms with Crippen LogP contribution in [0.5, 0.6) is 0 Å². The lowest BCUT2D eigenvalue weighted by Gasteiger charge is -1.98. The molecule has 0 aliphatic carbocycles. The Kier molecular flexibility index (Phi) is 2.21. The van der Waals surface area contributed by atoms with Crippen molar-refractivity contribution < 1.29 is 8.78 Å². The van der Waals surface area contributed by atoms with Gasteiger partial charge in [-0.1, -0.05) is 11.6 Å². The maximum atomic E-state index is 12.8. The molecule has 5 heteroatoms. The van der Waals surface area contributed by atoms with E-state index in [-0.39, 0.29) is 11.0 Å². The van der Waals surface area contributed by atoms with Crippen molar-refractivity contribution in [2.45, 2.75) is 0 Å². The Bertz CT molecular complexity index is 431. The van der Waals surface area contributed by atoms with Crippen LogP contribution in [-0.2, 0) is 0 Å². The fourth-order valence-electron chi connectivity index (χ4n) is 1.06. The second-order valence-corrected chi connectivity index (χ2v) is 3.05. The Hall–Kier alpha value is -1.42. The highest BCUT2D eigenvalue weighted by atomic mass is 35.5. The predicted octanol–water partition coefficient (Wildman–Crippen LogP) is 2.80. The van der Waals surface area contributed by atoms with Crippen molar-refractivity contribution in [3.8, 4) is 5.69 Å². The summed E-state index contributed by atoms with van der Waals surface area (Å²) in [6, 6.07) is 5.50. The topological polar surface area (TPSA) is 17.8 Å². The van der Waals surface area contributed by atoms with E-state index in [4.69, 9.17) is 11.6 Å². The molecule has 0 radical (unpaired) electrons. The molecule has 0 N–H and O–H groups in total. The SMILES string of the molecule is Fc1ccc(-n2cc(F)c(Cl)n2)cc1. The van der Waals surface area contributed by atoms with Crippen LogP contribution in [-0.4, -0.2) is 9.78 Å². The van der Waals surface area contributed by atoms with Gasteiger partial charge in [0, 0.05) is 0 Å². The van der Waals surface area contributed by atoms with Gasteiger partial charge in [-0.15, -0.1) is 0 Å². The van der Waals surface area contributed by atoms with Gasteiger partial charge in [0.1, 0.15) is 5.82 Å². The summed E-state index contributed by atoms with van der Waals surface area (Å²) in [6.45, 7) is 0. The molecule has 2 nitrogen and oxygen atoms in total. The van der Waals surface area contributed by atoms with Crippen molar-refractivity contribution in [1.82, 2.24) is 9.78 Å². The molecule has 0 bridgehead atoms. The fourth-order valence-corrected chi connectivity index (χ4v) is 1.19. The van der Waals surface area contributed by atoms with Crippen LogP contribution in [0.4, 0.5) is 8.78 Å². The van der Waals surface area contributed by atoms with Crippen molar-refractivity contribution >= 4 is 11.6 Å². The van der Waals surface area contributed by atoms with E-state index < -0.39 is 5.82 Å². The van der Waals surface area contributed by atoms with Crippen molar-refractivity contribution in [2.24, 2.45) is 0 Å². The number of aromatic nitrogens is 2. The summed E-state index contributed by atoms with van der Waals surface area (Å²) in [7, 11) is 0. The molecule has 0 aliphatic rings. The largest absolute Gasteiger partial charge is 0.236 e. The van der Waals surface area contributed by atoms with Crippen molar-refractivity contribution in [1.29, 1.82) is 0 Å². The Labute approximate surface area is 83.7 Å². The van der Waals surface area contributed by atoms with Gasteiger partial charge in [-0.2, -0.15) is 5.10 Å². The number of benzene rings is 1. The Morgan fingerprint density at radius 3 is 2.29 bits per heavy atom. The van der Waals surface area contributed by atoms with Crippen molar-refractivity contribution in [3.63, 3.8) is 0 Å². The van der Waals surface area contributed by atoms with Crippen molar-refractivity contribution in [2.75, 3.05) is 0 Å². The maximum Gasteiger partial charge on any atom is 0.187 e. The van der Waals surface area contributed by atoms with Crippen LogP contribution in [0.25, 0.3) is 5.69 Å². The summed E-state index contributed by atoms with van der Waals surface area (Å²) >= 11 is 5.43. The zero-order chi connectivity index (χ0) is 10.1. The lowest BCUT2D eigenvalue weighted by molar-refractivity contribution is 0.625. The Morgan fingerprint density at radius 1 is 1.14 bits per heavy atom. The average molecular weight is 215 g/mol. The highest BCUT2D eigenvalue weighted by molar-refractivity contribution is 6.29. The van der Waals surface area contributed by atoms with Crippen LogP contribution in [0.15, 0.2) is 30.5 Å². The first-order valence-corrected chi connectivity index (χ1v) is 4.21. The van der Waals surface area contributed by atoms with E-state index in [0.29, 0.717) is 5.69 Å². The van der Waals surface area contributed by atoms with Gasteiger partial charge in [0.2, 0.25) is 0 Å². The van der Waals surface area contributed by atoms with Gasteiger partial charge in [0.05, 0.1) is 11.9 Å². The first kappa shape index (κ1) is 9.15. The molecule has 0 unspecified atom stereocenters. The third-order valence-electron chi connectivity index (χ3n) is 1.72. The third-order valence-corrected chi connectivity index (χ3v) is 1.98. The molecule has 0 saturated carbocycles. The molecule has 0 amide bonds. The van der Waals surface area contributed by atoms with Gasteiger partial charge in [-0.05, 0) is 24.3 Å². The molecule has 0 saturated heterocycles. The van der Waals surface area contributed by atoms with E-state index in [1.165, 1.54) is 28.9 Å². The molecule has 1 heterocycles. The highest BCUT2D eigenvalue weighted by Crippen LogP contribution is 2.15. The molecule has 0 atom stereocenters. The van der Waals surface area contributed by atoms with Crippen LogP contribution in [0.3, 0.4) is 0 Å². The van der Waals surface area contributed by atoms with E-state index in [0.717, 1.165) is 6.20 Å². The average Bonchev–Trinajstić information content (AvgIpc) is 2.48. The first-order valence-electron chi connectivity index (χ1n) is 3.83. The summed E-state index contributed by atoms with van der Waals surface area (Å²) in [5.74, 6) is -0.955. The molecule has 14 heavy (non-hydrogen) atoms. The first-order chi connectivity index (χ1) is 6.66. The summed E-state index contributed by atoms with van der Waals surface area (Å²) < 4.78 is 26.6. The molecular weight excluding hydrogens is 210 g/mol. The lowest BCUT2D eigenvalue weighted by Crippen LogP contribution is -1.93. The number of halogens is 3. The number of hydrogen-bond acceptors (Lipinski definition) is 1. The van der Waals surface area contributed by atoms with Gasteiger partial charge in [-0.25, -0.2) is 13.5 Å². The highest BCUT2D eigenvalue weighted by Gasteiger charge is 2.06.